The summed E-state index contributed by atoms with van der Waals surface area (Å²) >= 11 is 1.35. The fourth-order valence-corrected chi connectivity index (χ4v) is 3.54. The van der Waals surface area contributed by atoms with Gasteiger partial charge in [-0.3, -0.25) is 9.59 Å². The van der Waals surface area contributed by atoms with Gasteiger partial charge in [-0.05, 0) is 12.1 Å². The first-order valence-corrected chi connectivity index (χ1v) is 7.74. The standard InChI is InChI=1S/C18H14O4S/c1-21-14-9-15-12(18(22-2)13(14)10-19)8-16(23-15)17(20)11-6-4-3-5-7-11/h3-10H,1-2H3. The maximum atomic E-state index is 12.6. The van der Waals surface area contributed by atoms with Crippen molar-refractivity contribution in [2.45, 2.75) is 0 Å². The number of carbonyl (C=O) groups excluding carboxylic acids is 2. The maximum absolute atomic E-state index is 12.6. The Morgan fingerprint density at radius 3 is 2.43 bits per heavy atom. The molecule has 0 N–H and O–H groups in total. The van der Waals surface area contributed by atoms with Crippen molar-refractivity contribution in [3.63, 3.8) is 0 Å². The molecule has 0 fully saturated rings. The van der Waals surface area contributed by atoms with E-state index >= 15 is 0 Å². The van der Waals surface area contributed by atoms with Crippen LogP contribution in [0.1, 0.15) is 25.6 Å². The highest BCUT2D eigenvalue weighted by Gasteiger charge is 2.19. The molecule has 4 nitrogen and oxygen atoms in total. The molecule has 3 aromatic rings. The van der Waals surface area contributed by atoms with Gasteiger partial charge >= 0.3 is 0 Å². The molecule has 0 aliphatic rings. The lowest BCUT2D eigenvalue weighted by molar-refractivity contribution is 0.104. The summed E-state index contributed by atoms with van der Waals surface area (Å²) in [5, 5.41) is 0.736. The number of methoxy groups -OCH3 is 2. The van der Waals surface area contributed by atoms with E-state index < -0.39 is 0 Å². The molecule has 0 spiro atoms. The molecular weight excluding hydrogens is 312 g/mol. The van der Waals surface area contributed by atoms with E-state index in [0.717, 1.165) is 10.1 Å². The number of fused-ring (bicyclic) bond motifs is 1. The summed E-state index contributed by atoms with van der Waals surface area (Å²) in [6, 6.07) is 12.6. The van der Waals surface area contributed by atoms with E-state index in [9.17, 15) is 9.59 Å². The minimum Gasteiger partial charge on any atom is -0.496 e. The molecule has 0 unspecified atom stereocenters. The van der Waals surface area contributed by atoms with Gasteiger partial charge in [0.25, 0.3) is 0 Å². The molecule has 2 aromatic carbocycles. The van der Waals surface area contributed by atoms with E-state index in [1.807, 2.05) is 18.2 Å². The normalized spacial score (nSPS) is 10.5. The maximum Gasteiger partial charge on any atom is 0.202 e. The molecule has 116 valence electrons. The van der Waals surface area contributed by atoms with Crippen molar-refractivity contribution in [1.29, 1.82) is 0 Å². The molecule has 0 saturated heterocycles. The lowest BCUT2D eigenvalue weighted by Crippen LogP contribution is -1.97. The third-order valence-electron chi connectivity index (χ3n) is 3.58. The second-order valence-corrected chi connectivity index (χ2v) is 5.94. The smallest absolute Gasteiger partial charge is 0.202 e. The number of carbonyl (C=O) groups is 2. The van der Waals surface area contributed by atoms with Gasteiger partial charge in [-0.25, -0.2) is 0 Å². The number of hydrogen-bond acceptors (Lipinski definition) is 5. The van der Waals surface area contributed by atoms with Gasteiger partial charge in [-0.15, -0.1) is 11.3 Å². The second kappa shape index (κ2) is 6.22. The average molecular weight is 326 g/mol. The van der Waals surface area contributed by atoms with Gasteiger partial charge in [0.2, 0.25) is 5.78 Å². The van der Waals surface area contributed by atoms with Gasteiger partial charge in [0.15, 0.2) is 6.29 Å². The lowest BCUT2D eigenvalue weighted by atomic mass is 10.1. The third kappa shape index (κ3) is 2.59. The Balaban J connectivity index is 2.19. The lowest BCUT2D eigenvalue weighted by Gasteiger charge is -2.09. The molecule has 0 bridgehead atoms. The third-order valence-corrected chi connectivity index (χ3v) is 4.66. The van der Waals surface area contributed by atoms with Gasteiger partial charge in [0.05, 0.1) is 24.7 Å². The van der Waals surface area contributed by atoms with Crippen molar-refractivity contribution in [1.82, 2.24) is 0 Å². The van der Waals surface area contributed by atoms with E-state index in [1.165, 1.54) is 25.6 Å². The van der Waals surface area contributed by atoms with Crippen LogP contribution < -0.4 is 9.47 Å². The molecule has 0 aliphatic heterocycles. The van der Waals surface area contributed by atoms with E-state index in [-0.39, 0.29) is 5.78 Å². The minimum atomic E-state index is -0.0551. The van der Waals surface area contributed by atoms with Crippen LogP contribution in [0.4, 0.5) is 0 Å². The van der Waals surface area contributed by atoms with Crippen molar-refractivity contribution in [2.75, 3.05) is 14.2 Å². The Morgan fingerprint density at radius 1 is 1.09 bits per heavy atom. The van der Waals surface area contributed by atoms with Crippen molar-refractivity contribution >= 4 is 33.5 Å². The minimum absolute atomic E-state index is 0.0551. The van der Waals surface area contributed by atoms with Crippen LogP contribution in [0.25, 0.3) is 10.1 Å². The first-order chi connectivity index (χ1) is 11.2. The highest BCUT2D eigenvalue weighted by molar-refractivity contribution is 7.21. The summed E-state index contributed by atoms with van der Waals surface area (Å²) in [4.78, 5) is 24.5. The van der Waals surface area contributed by atoms with E-state index in [2.05, 4.69) is 0 Å². The average Bonchev–Trinajstić information content (AvgIpc) is 3.03. The first kappa shape index (κ1) is 15.2. The zero-order valence-corrected chi connectivity index (χ0v) is 13.5. The van der Waals surface area contributed by atoms with Crippen LogP contribution in [0.2, 0.25) is 0 Å². The van der Waals surface area contributed by atoms with Gasteiger partial charge in [0, 0.05) is 15.6 Å². The molecule has 0 aliphatic carbocycles. The van der Waals surface area contributed by atoms with E-state index in [4.69, 9.17) is 9.47 Å². The summed E-state index contributed by atoms with van der Waals surface area (Å²) in [6.45, 7) is 0. The quantitative estimate of drug-likeness (QED) is 0.526. The summed E-state index contributed by atoms with van der Waals surface area (Å²) < 4.78 is 11.5. The van der Waals surface area contributed by atoms with E-state index in [0.29, 0.717) is 33.8 Å². The van der Waals surface area contributed by atoms with Crippen LogP contribution in [0.3, 0.4) is 0 Å². The Bertz CT molecular complexity index is 881. The van der Waals surface area contributed by atoms with Crippen molar-refractivity contribution < 1.29 is 19.1 Å². The van der Waals surface area contributed by atoms with Crippen LogP contribution in [-0.2, 0) is 0 Å². The first-order valence-electron chi connectivity index (χ1n) is 6.93. The molecule has 1 heterocycles. The van der Waals surface area contributed by atoms with Crippen LogP contribution in [0.5, 0.6) is 11.5 Å². The largest absolute Gasteiger partial charge is 0.496 e. The van der Waals surface area contributed by atoms with Crippen molar-refractivity contribution in [2.24, 2.45) is 0 Å². The predicted octanol–water partition coefficient (Wildman–Crippen LogP) is 3.96. The predicted molar refractivity (Wildman–Crippen MR) is 90.2 cm³/mol. The molecule has 0 radical (unpaired) electrons. The zero-order chi connectivity index (χ0) is 16.4. The molecule has 23 heavy (non-hydrogen) atoms. The van der Waals surface area contributed by atoms with Gasteiger partial charge in [-0.1, -0.05) is 30.3 Å². The monoisotopic (exact) mass is 326 g/mol. The van der Waals surface area contributed by atoms with Crippen LogP contribution >= 0.6 is 11.3 Å². The summed E-state index contributed by atoms with van der Waals surface area (Å²) in [5.41, 5.74) is 0.972. The molecule has 0 atom stereocenters. The van der Waals surface area contributed by atoms with Crippen LogP contribution in [0.15, 0.2) is 42.5 Å². The highest BCUT2D eigenvalue weighted by Crippen LogP contribution is 2.40. The van der Waals surface area contributed by atoms with Crippen molar-refractivity contribution in [3.8, 4) is 11.5 Å². The zero-order valence-electron chi connectivity index (χ0n) is 12.7. The molecule has 5 heteroatoms. The van der Waals surface area contributed by atoms with Crippen LogP contribution in [-0.4, -0.2) is 26.3 Å². The number of rotatable bonds is 5. The molecular formula is C18H14O4S. The fraction of sp³-hybridized carbons (Fsp3) is 0.111. The Morgan fingerprint density at radius 2 is 1.83 bits per heavy atom. The number of thiophene rings is 1. The fourth-order valence-electron chi connectivity index (χ4n) is 2.49. The van der Waals surface area contributed by atoms with Crippen LogP contribution in [0, 0.1) is 0 Å². The number of hydrogen-bond donors (Lipinski definition) is 0. The topological polar surface area (TPSA) is 52.6 Å². The Kier molecular flexibility index (Phi) is 4.12. The summed E-state index contributed by atoms with van der Waals surface area (Å²) in [6.07, 6.45) is 0.702. The molecule has 3 rings (SSSR count). The Labute approximate surface area is 137 Å². The number of ether oxygens (including phenoxy) is 2. The summed E-state index contributed by atoms with van der Waals surface area (Å²) in [5.74, 6) is 0.808. The molecule has 1 aromatic heterocycles. The number of benzene rings is 2. The SMILES string of the molecule is COc1cc2sc(C(=O)c3ccccc3)cc2c(OC)c1C=O. The highest BCUT2D eigenvalue weighted by atomic mass is 32.1. The summed E-state index contributed by atoms with van der Waals surface area (Å²) in [7, 11) is 2.99. The van der Waals surface area contributed by atoms with Gasteiger partial charge in [-0.2, -0.15) is 0 Å². The second-order valence-electron chi connectivity index (χ2n) is 4.86. The Hall–Kier alpha value is -2.66. The van der Waals surface area contributed by atoms with Crippen molar-refractivity contribution in [3.05, 3.63) is 58.5 Å². The number of ketones is 1. The van der Waals surface area contributed by atoms with E-state index in [1.54, 1.807) is 24.3 Å². The van der Waals surface area contributed by atoms with Gasteiger partial charge in [0.1, 0.15) is 11.5 Å². The van der Waals surface area contributed by atoms with Gasteiger partial charge < -0.3 is 9.47 Å². The molecule has 0 saturated carbocycles. The molecule has 0 amide bonds. The number of aldehydes is 1.